The monoisotopic (exact) mass is 403 g/mol. The number of anilines is 1. The van der Waals surface area contributed by atoms with Gasteiger partial charge >= 0.3 is 17.8 Å². The van der Waals surface area contributed by atoms with E-state index in [0.29, 0.717) is 17.9 Å². The molecule has 0 radical (unpaired) electrons. The average molecular weight is 403 g/mol. The Morgan fingerprint density at radius 1 is 1.07 bits per heavy atom. The zero-order chi connectivity index (χ0) is 21.4. The van der Waals surface area contributed by atoms with Crippen molar-refractivity contribution in [1.29, 1.82) is 0 Å². The molecule has 0 aliphatic carbocycles. The topological polar surface area (TPSA) is 137 Å². The molecule has 2 N–H and O–H groups in total. The van der Waals surface area contributed by atoms with Crippen LogP contribution in [0.25, 0.3) is 11.4 Å². The number of rotatable bonds is 7. The van der Waals surface area contributed by atoms with Gasteiger partial charge in [0.25, 0.3) is 5.56 Å². The molecule has 1 aromatic heterocycles. The first kappa shape index (κ1) is 21.6. The summed E-state index contributed by atoms with van der Waals surface area (Å²) in [6, 6.07) is 4.56. The van der Waals surface area contributed by atoms with E-state index >= 15 is 0 Å². The molecule has 1 aromatic carbocycles. The van der Waals surface area contributed by atoms with Crippen molar-refractivity contribution in [3.63, 3.8) is 0 Å². The van der Waals surface area contributed by atoms with Crippen LogP contribution >= 0.6 is 0 Å². The number of nitrogens with one attached hydrogen (secondary N) is 2. The lowest BCUT2D eigenvalue weighted by atomic mass is 10.1. The van der Waals surface area contributed by atoms with E-state index in [0.717, 1.165) is 6.20 Å². The van der Waals surface area contributed by atoms with Crippen molar-refractivity contribution < 1.29 is 28.6 Å². The summed E-state index contributed by atoms with van der Waals surface area (Å²) in [5.41, 5.74) is -0.308. The molecule has 0 saturated heterocycles. The van der Waals surface area contributed by atoms with Gasteiger partial charge in [0.2, 0.25) is 0 Å². The van der Waals surface area contributed by atoms with Gasteiger partial charge in [-0.3, -0.25) is 9.59 Å². The largest absolute Gasteiger partial charge is 0.493 e. The highest BCUT2D eigenvalue weighted by Crippen LogP contribution is 2.30. The van der Waals surface area contributed by atoms with Gasteiger partial charge in [-0.05, 0) is 39.0 Å². The predicted octanol–water partition coefficient (Wildman–Crippen LogP) is 1.51. The Morgan fingerprint density at radius 3 is 2.41 bits per heavy atom. The first-order chi connectivity index (χ1) is 13.9. The molecule has 0 saturated carbocycles. The molecule has 1 amide bonds. The van der Waals surface area contributed by atoms with Crippen LogP contribution in [0.15, 0.2) is 29.2 Å². The summed E-state index contributed by atoms with van der Waals surface area (Å²) in [6.45, 7) is 5.52. The Kier molecular flexibility index (Phi) is 7.47. The smallest absolute Gasteiger partial charge is 0.397 e. The number of carbonyl (C=O) groups excluding carboxylic acids is 3. The summed E-state index contributed by atoms with van der Waals surface area (Å²) in [6.07, 6.45) is 1.10. The molecule has 0 bridgehead atoms. The fraction of sp³-hybridized carbons (Fsp3) is 0.316. The SMILES string of the molecule is CCOC(=O)C(=O)Nc1ccc(OCC)c(-c2ncc(C(=O)OCC)c(=O)[nH]2)c1. The van der Waals surface area contributed by atoms with Gasteiger partial charge in [0, 0.05) is 11.9 Å². The minimum atomic E-state index is -1.02. The van der Waals surface area contributed by atoms with Gasteiger partial charge in [-0.15, -0.1) is 0 Å². The molecular formula is C19H21N3O7. The minimum Gasteiger partial charge on any atom is -0.493 e. The third kappa shape index (κ3) is 5.41. The van der Waals surface area contributed by atoms with Crippen LogP contribution in [0.4, 0.5) is 5.69 Å². The van der Waals surface area contributed by atoms with E-state index in [1.807, 2.05) is 0 Å². The van der Waals surface area contributed by atoms with Crippen molar-refractivity contribution in [2.75, 3.05) is 25.1 Å². The Hall–Kier alpha value is -3.69. The number of amides is 1. The molecule has 1 heterocycles. The fourth-order valence-corrected chi connectivity index (χ4v) is 2.34. The number of benzene rings is 1. The van der Waals surface area contributed by atoms with E-state index in [1.54, 1.807) is 26.8 Å². The van der Waals surface area contributed by atoms with Crippen molar-refractivity contribution in [3.05, 3.63) is 40.3 Å². The second-order valence-corrected chi connectivity index (χ2v) is 5.51. The molecule has 0 spiro atoms. The first-order valence-corrected chi connectivity index (χ1v) is 8.92. The highest BCUT2D eigenvalue weighted by atomic mass is 16.5. The maximum absolute atomic E-state index is 12.3. The van der Waals surface area contributed by atoms with Gasteiger partial charge in [-0.1, -0.05) is 0 Å². The van der Waals surface area contributed by atoms with E-state index in [9.17, 15) is 19.2 Å². The Labute approximate surface area is 166 Å². The Balaban J connectivity index is 2.40. The van der Waals surface area contributed by atoms with Crippen LogP contribution in [-0.4, -0.2) is 47.6 Å². The van der Waals surface area contributed by atoms with Crippen LogP contribution in [0.2, 0.25) is 0 Å². The molecule has 0 unspecified atom stereocenters. The highest BCUT2D eigenvalue weighted by molar-refractivity contribution is 6.37. The molecular weight excluding hydrogens is 382 g/mol. The number of ether oxygens (including phenoxy) is 3. The van der Waals surface area contributed by atoms with Crippen LogP contribution < -0.4 is 15.6 Å². The Morgan fingerprint density at radius 2 is 1.79 bits per heavy atom. The highest BCUT2D eigenvalue weighted by Gasteiger charge is 2.18. The summed E-state index contributed by atoms with van der Waals surface area (Å²) in [5, 5.41) is 2.40. The molecule has 0 atom stereocenters. The van der Waals surface area contributed by atoms with Crippen molar-refractivity contribution >= 4 is 23.5 Å². The molecule has 154 valence electrons. The Bertz CT molecular complexity index is 969. The van der Waals surface area contributed by atoms with Gasteiger partial charge in [0.05, 0.1) is 25.4 Å². The number of hydrogen-bond donors (Lipinski definition) is 2. The number of aromatic nitrogens is 2. The van der Waals surface area contributed by atoms with Crippen LogP contribution in [-0.2, 0) is 19.1 Å². The average Bonchev–Trinajstić information content (AvgIpc) is 2.69. The lowest BCUT2D eigenvalue weighted by Crippen LogP contribution is -2.25. The van der Waals surface area contributed by atoms with E-state index in [-0.39, 0.29) is 30.3 Å². The number of aromatic amines is 1. The van der Waals surface area contributed by atoms with Crippen LogP contribution in [0.5, 0.6) is 5.75 Å². The maximum Gasteiger partial charge on any atom is 0.397 e. The molecule has 29 heavy (non-hydrogen) atoms. The molecule has 2 aromatic rings. The van der Waals surface area contributed by atoms with Gasteiger partial charge in [0.1, 0.15) is 17.1 Å². The quantitative estimate of drug-likeness (QED) is 0.524. The van der Waals surface area contributed by atoms with E-state index in [4.69, 9.17) is 9.47 Å². The molecule has 10 heteroatoms. The van der Waals surface area contributed by atoms with E-state index in [2.05, 4.69) is 20.0 Å². The summed E-state index contributed by atoms with van der Waals surface area (Å²) < 4.78 is 15.0. The molecule has 0 fully saturated rings. The molecule has 0 aliphatic heterocycles. The van der Waals surface area contributed by atoms with Crippen LogP contribution in [0.3, 0.4) is 0 Å². The van der Waals surface area contributed by atoms with Gasteiger partial charge in [-0.2, -0.15) is 0 Å². The van der Waals surface area contributed by atoms with Crippen molar-refractivity contribution in [2.24, 2.45) is 0 Å². The molecule has 10 nitrogen and oxygen atoms in total. The summed E-state index contributed by atoms with van der Waals surface area (Å²) in [5.74, 6) is -2.25. The van der Waals surface area contributed by atoms with Crippen molar-refractivity contribution in [2.45, 2.75) is 20.8 Å². The number of H-pyrrole nitrogens is 1. The lowest BCUT2D eigenvalue weighted by molar-refractivity contribution is -0.152. The standard InChI is InChI=1S/C19H21N3O7/c1-4-27-14-8-7-11(21-17(24)19(26)29-6-3)9-12(14)15-20-10-13(16(23)22-15)18(25)28-5-2/h7-10H,4-6H2,1-3H3,(H,21,24)(H,20,22,23). The number of nitrogens with zero attached hydrogens (tertiary/aromatic N) is 1. The summed E-state index contributed by atoms with van der Waals surface area (Å²) in [4.78, 5) is 54.0. The number of carbonyl (C=O) groups is 3. The fourth-order valence-electron chi connectivity index (χ4n) is 2.34. The summed E-state index contributed by atoms with van der Waals surface area (Å²) >= 11 is 0. The van der Waals surface area contributed by atoms with Gasteiger partial charge in [-0.25, -0.2) is 14.6 Å². The third-order valence-electron chi connectivity index (χ3n) is 3.55. The van der Waals surface area contributed by atoms with E-state index < -0.39 is 23.4 Å². The zero-order valence-corrected chi connectivity index (χ0v) is 16.2. The second-order valence-electron chi connectivity index (χ2n) is 5.51. The summed E-state index contributed by atoms with van der Waals surface area (Å²) in [7, 11) is 0. The van der Waals surface area contributed by atoms with Gasteiger partial charge in [0.15, 0.2) is 0 Å². The van der Waals surface area contributed by atoms with Gasteiger partial charge < -0.3 is 24.5 Å². The molecule has 0 aliphatic rings. The van der Waals surface area contributed by atoms with E-state index in [1.165, 1.54) is 12.1 Å². The van der Waals surface area contributed by atoms with Crippen LogP contribution in [0, 0.1) is 0 Å². The normalized spacial score (nSPS) is 10.2. The van der Waals surface area contributed by atoms with Crippen LogP contribution in [0.1, 0.15) is 31.1 Å². The molecule has 2 rings (SSSR count). The predicted molar refractivity (Wildman–Crippen MR) is 103 cm³/mol. The second kappa shape index (κ2) is 10.0. The maximum atomic E-state index is 12.3. The zero-order valence-electron chi connectivity index (χ0n) is 16.2. The minimum absolute atomic E-state index is 0.0682. The number of esters is 2. The van der Waals surface area contributed by atoms with Crippen molar-refractivity contribution in [1.82, 2.24) is 9.97 Å². The lowest BCUT2D eigenvalue weighted by Gasteiger charge is -2.12. The number of hydrogen-bond acceptors (Lipinski definition) is 8. The first-order valence-electron chi connectivity index (χ1n) is 8.92. The third-order valence-corrected chi connectivity index (χ3v) is 3.55. The van der Waals surface area contributed by atoms with Crippen molar-refractivity contribution in [3.8, 4) is 17.1 Å².